The zero-order valence-corrected chi connectivity index (χ0v) is 19.1. The average molecular weight is 408 g/mol. The number of halogens is 1. The molecule has 0 radical (unpaired) electrons. The van der Waals surface area contributed by atoms with Crippen LogP contribution >= 0.6 is 11.6 Å². The van der Waals surface area contributed by atoms with Gasteiger partial charge in [0.2, 0.25) is 5.91 Å². The molecule has 1 amide bonds. The van der Waals surface area contributed by atoms with Crippen LogP contribution in [0.5, 0.6) is 0 Å². The van der Waals surface area contributed by atoms with Gasteiger partial charge in [-0.05, 0) is 36.6 Å². The van der Waals surface area contributed by atoms with Crippen LogP contribution in [0.25, 0.3) is 0 Å². The zero-order chi connectivity index (χ0) is 20.6. The van der Waals surface area contributed by atoms with Crippen molar-refractivity contribution >= 4 is 31.7 Å². The van der Waals surface area contributed by atoms with Crippen molar-refractivity contribution in [1.82, 2.24) is 4.57 Å². The van der Waals surface area contributed by atoms with Crippen LogP contribution in [-0.2, 0) is 14.3 Å². The molecule has 0 aromatic heterocycles. The Morgan fingerprint density at radius 1 is 1.26 bits per heavy atom. The summed E-state index contributed by atoms with van der Waals surface area (Å²) in [5.74, 6) is -0.576. The summed E-state index contributed by atoms with van der Waals surface area (Å²) in [6, 6.07) is 7.35. The number of esters is 1. The molecule has 1 aromatic carbocycles. The van der Waals surface area contributed by atoms with Gasteiger partial charge in [-0.15, -0.1) is 0 Å². The summed E-state index contributed by atoms with van der Waals surface area (Å²) in [6.45, 7) is 14.8. The number of benzene rings is 1. The maximum atomic E-state index is 13.2. The second-order valence-electron chi connectivity index (χ2n) is 8.57. The number of amides is 1. The van der Waals surface area contributed by atoms with Gasteiger partial charge in [-0.25, -0.2) is 4.79 Å². The molecular weight excluding hydrogens is 378 g/mol. The lowest BCUT2D eigenvalue weighted by molar-refractivity contribution is -0.139. The number of rotatable bonds is 4. The van der Waals surface area contributed by atoms with E-state index >= 15 is 0 Å². The molecule has 2 rings (SSSR count). The molecule has 27 heavy (non-hydrogen) atoms. The molecule has 148 valence electrons. The molecular formula is C21H30ClNO3Si. The highest BCUT2D eigenvalue weighted by Crippen LogP contribution is 2.45. The Hall–Kier alpha value is -1.59. The first-order valence-corrected chi connectivity index (χ1v) is 12.7. The smallest absolute Gasteiger partial charge is 0.336 e. The summed E-state index contributed by atoms with van der Waals surface area (Å²) < 4.78 is 7.29. The highest BCUT2D eigenvalue weighted by molar-refractivity contribution is 6.79. The minimum Gasteiger partial charge on any atom is -0.463 e. The maximum Gasteiger partial charge on any atom is 0.336 e. The van der Waals surface area contributed by atoms with Crippen LogP contribution in [0.15, 0.2) is 35.5 Å². The minimum absolute atomic E-state index is 0.0310. The molecule has 6 heteroatoms. The lowest BCUT2D eigenvalue weighted by Gasteiger charge is -2.49. The highest BCUT2D eigenvalue weighted by Gasteiger charge is 2.48. The normalized spacial score (nSPS) is 18.7. The SMILES string of the molecule is CCOC(=O)C1=C(C)N([Si](C)(C)C(C)(C)C)C(=O)CC1c1ccc(Cl)cc1. The van der Waals surface area contributed by atoms with E-state index in [1.165, 1.54) is 0 Å². The predicted molar refractivity (Wildman–Crippen MR) is 112 cm³/mol. The number of nitrogens with zero attached hydrogens (tertiary/aromatic N) is 1. The van der Waals surface area contributed by atoms with E-state index in [-0.39, 0.29) is 29.3 Å². The Kier molecular flexibility index (Phi) is 6.27. The molecule has 0 aliphatic carbocycles. The zero-order valence-electron chi connectivity index (χ0n) is 17.4. The number of carbonyl (C=O) groups is 2. The van der Waals surface area contributed by atoms with Gasteiger partial charge >= 0.3 is 5.97 Å². The largest absolute Gasteiger partial charge is 0.463 e. The number of carbonyl (C=O) groups excluding carboxylic acids is 2. The lowest BCUT2D eigenvalue weighted by Crippen LogP contribution is -2.58. The van der Waals surface area contributed by atoms with Gasteiger partial charge in [0, 0.05) is 23.1 Å². The van der Waals surface area contributed by atoms with E-state index in [0.717, 1.165) is 11.3 Å². The molecule has 1 heterocycles. The van der Waals surface area contributed by atoms with E-state index < -0.39 is 8.24 Å². The molecule has 1 unspecified atom stereocenters. The van der Waals surface area contributed by atoms with Crippen molar-refractivity contribution in [2.24, 2.45) is 0 Å². The van der Waals surface area contributed by atoms with Crippen LogP contribution in [0, 0.1) is 0 Å². The Balaban J connectivity index is 2.64. The molecule has 0 fully saturated rings. The number of hydrogen-bond acceptors (Lipinski definition) is 3. The van der Waals surface area contributed by atoms with Crippen LogP contribution in [0.3, 0.4) is 0 Å². The lowest BCUT2D eigenvalue weighted by atomic mass is 9.84. The van der Waals surface area contributed by atoms with Crippen molar-refractivity contribution in [3.05, 3.63) is 46.1 Å². The van der Waals surface area contributed by atoms with Crippen molar-refractivity contribution in [2.45, 2.75) is 65.1 Å². The van der Waals surface area contributed by atoms with Gasteiger partial charge < -0.3 is 9.30 Å². The summed E-state index contributed by atoms with van der Waals surface area (Å²) in [7, 11) is -2.18. The highest BCUT2D eigenvalue weighted by atomic mass is 35.5. The molecule has 0 spiro atoms. The first kappa shape index (κ1) is 21.7. The van der Waals surface area contributed by atoms with Gasteiger partial charge in [0.25, 0.3) is 0 Å². The van der Waals surface area contributed by atoms with Crippen molar-refractivity contribution in [3.63, 3.8) is 0 Å². The summed E-state index contributed by atoms with van der Waals surface area (Å²) >= 11 is 6.02. The van der Waals surface area contributed by atoms with Gasteiger partial charge in [0.05, 0.1) is 12.2 Å². The predicted octanol–water partition coefficient (Wildman–Crippen LogP) is 5.50. The summed E-state index contributed by atoms with van der Waals surface area (Å²) in [5.41, 5.74) is 2.23. The Bertz CT molecular complexity index is 763. The third-order valence-corrected chi connectivity index (χ3v) is 11.5. The van der Waals surface area contributed by atoms with Gasteiger partial charge in [-0.3, -0.25) is 4.79 Å². The molecule has 0 saturated carbocycles. The third kappa shape index (κ3) is 4.14. The molecule has 1 aliphatic heterocycles. The van der Waals surface area contributed by atoms with Crippen molar-refractivity contribution in [3.8, 4) is 0 Å². The number of allylic oxidation sites excluding steroid dienone is 1. The molecule has 1 aliphatic rings. The van der Waals surface area contributed by atoms with E-state index in [1.807, 2.05) is 23.6 Å². The van der Waals surface area contributed by atoms with Gasteiger partial charge in [0.1, 0.15) is 0 Å². The monoisotopic (exact) mass is 407 g/mol. The quantitative estimate of drug-likeness (QED) is 0.489. The van der Waals surface area contributed by atoms with Crippen LogP contribution in [0.2, 0.25) is 23.2 Å². The first-order chi connectivity index (χ1) is 12.4. The topological polar surface area (TPSA) is 46.6 Å². The molecule has 0 N–H and O–H groups in total. The third-order valence-electron chi connectivity index (χ3n) is 5.86. The van der Waals surface area contributed by atoms with E-state index in [2.05, 4.69) is 33.9 Å². The van der Waals surface area contributed by atoms with Gasteiger partial charge in [-0.2, -0.15) is 0 Å². The average Bonchev–Trinajstić information content (AvgIpc) is 2.53. The summed E-state index contributed by atoms with van der Waals surface area (Å²) in [4.78, 5) is 26.1. The van der Waals surface area contributed by atoms with Crippen molar-refractivity contribution in [2.75, 3.05) is 6.61 Å². The standard InChI is InChI=1S/C21H30ClNO3Si/c1-8-26-20(25)19-14(2)23(27(6,7)21(3,4)5)18(24)13-17(19)15-9-11-16(22)12-10-15/h9-12,17H,8,13H2,1-7H3. The van der Waals surface area contributed by atoms with Crippen molar-refractivity contribution < 1.29 is 14.3 Å². The second kappa shape index (κ2) is 7.80. The van der Waals surface area contributed by atoms with Crippen LogP contribution < -0.4 is 0 Å². The fraction of sp³-hybridized carbons (Fsp3) is 0.524. The van der Waals surface area contributed by atoms with E-state index in [9.17, 15) is 9.59 Å². The Labute approximate surface area is 168 Å². The molecule has 0 bridgehead atoms. The van der Waals surface area contributed by atoms with Gasteiger partial charge in [-0.1, -0.05) is 57.6 Å². The number of hydrogen-bond donors (Lipinski definition) is 0. The van der Waals surface area contributed by atoms with Crippen LogP contribution in [0.4, 0.5) is 0 Å². The molecule has 1 atom stereocenters. The molecule has 4 nitrogen and oxygen atoms in total. The van der Waals surface area contributed by atoms with E-state index in [4.69, 9.17) is 16.3 Å². The second-order valence-corrected chi connectivity index (χ2v) is 14.1. The molecule has 0 saturated heterocycles. The van der Waals surface area contributed by atoms with Gasteiger partial charge in [0.15, 0.2) is 8.24 Å². The minimum atomic E-state index is -2.18. The van der Waals surface area contributed by atoms with E-state index in [1.54, 1.807) is 19.1 Å². The summed E-state index contributed by atoms with van der Waals surface area (Å²) in [5, 5.41) is 0.596. The van der Waals surface area contributed by atoms with Crippen molar-refractivity contribution in [1.29, 1.82) is 0 Å². The van der Waals surface area contributed by atoms with E-state index in [0.29, 0.717) is 17.2 Å². The first-order valence-electron chi connectivity index (χ1n) is 9.38. The molecule has 1 aromatic rings. The number of ether oxygens (including phenoxy) is 1. The summed E-state index contributed by atoms with van der Waals surface area (Å²) in [6.07, 6.45) is 0.264. The van der Waals surface area contributed by atoms with Crippen LogP contribution in [-0.4, -0.2) is 31.3 Å². The Morgan fingerprint density at radius 3 is 2.30 bits per heavy atom. The maximum absolute atomic E-state index is 13.2. The fourth-order valence-corrected chi connectivity index (χ4v) is 5.94. The van der Waals surface area contributed by atoms with Crippen LogP contribution in [0.1, 0.15) is 52.5 Å². The Morgan fingerprint density at radius 2 is 1.81 bits per heavy atom. The fourth-order valence-electron chi connectivity index (χ4n) is 3.47.